The second-order valence-corrected chi connectivity index (χ2v) is 11.8. The van der Waals surface area contributed by atoms with Gasteiger partial charge in [-0.1, -0.05) is 54.8 Å². The van der Waals surface area contributed by atoms with E-state index in [4.69, 9.17) is 4.74 Å². The molecule has 2 heterocycles. The van der Waals surface area contributed by atoms with Crippen LogP contribution in [0.2, 0.25) is 0 Å². The summed E-state index contributed by atoms with van der Waals surface area (Å²) >= 11 is 3.06. The zero-order valence-corrected chi connectivity index (χ0v) is 25.2. The molecular formula is C33H32N4O3S2. The lowest BCUT2D eigenvalue weighted by molar-refractivity contribution is 0.0949. The van der Waals surface area contributed by atoms with E-state index in [9.17, 15) is 9.59 Å². The summed E-state index contributed by atoms with van der Waals surface area (Å²) in [6.45, 7) is 6.09. The molecule has 214 valence electrons. The van der Waals surface area contributed by atoms with Gasteiger partial charge < -0.3 is 20.3 Å². The minimum Gasteiger partial charge on any atom is -0.383 e. The zero-order valence-electron chi connectivity index (χ0n) is 23.6. The first-order valence-electron chi connectivity index (χ1n) is 13.8. The number of anilines is 1. The minimum atomic E-state index is -0.211. The Hall–Kier alpha value is -3.94. The molecule has 0 atom stereocenters. The van der Waals surface area contributed by atoms with Crippen molar-refractivity contribution >= 4 is 40.6 Å². The number of ether oxygens (including phenoxy) is 1. The summed E-state index contributed by atoms with van der Waals surface area (Å²) in [6.07, 6.45) is 2.61. The Labute approximate surface area is 254 Å². The summed E-state index contributed by atoms with van der Waals surface area (Å²) in [5, 5.41) is 6.80. The Kier molecular flexibility index (Phi) is 10.1. The normalized spacial score (nSPS) is 12.0. The molecule has 5 rings (SSSR count). The van der Waals surface area contributed by atoms with Crippen LogP contribution in [0.25, 0.3) is 10.6 Å². The van der Waals surface area contributed by atoms with E-state index < -0.39 is 0 Å². The van der Waals surface area contributed by atoms with Crippen LogP contribution in [0.4, 0.5) is 5.69 Å². The van der Waals surface area contributed by atoms with E-state index in [0.29, 0.717) is 23.4 Å². The van der Waals surface area contributed by atoms with Crippen molar-refractivity contribution in [2.75, 3.05) is 38.7 Å². The molecular weight excluding hydrogens is 565 g/mol. The van der Waals surface area contributed by atoms with E-state index in [2.05, 4.69) is 39.3 Å². The monoisotopic (exact) mass is 596 g/mol. The largest absolute Gasteiger partial charge is 0.383 e. The van der Waals surface area contributed by atoms with Crippen LogP contribution in [0, 0.1) is 11.8 Å². The van der Waals surface area contributed by atoms with Gasteiger partial charge in [0.25, 0.3) is 11.8 Å². The van der Waals surface area contributed by atoms with Gasteiger partial charge in [0.05, 0.1) is 24.4 Å². The molecule has 0 radical (unpaired) electrons. The van der Waals surface area contributed by atoms with Crippen molar-refractivity contribution in [3.05, 3.63) is 94.5 Å². The molecule has 0 unspecified atom stereocenters. The third-order valence-corrected chi connectivity index (χ3v) is 8.99. The fraction of sp³-hybridized carbons (Fsp3) is 0.242. The molecule has 0 fully saturated rings. The molecule has 0 spiro atoms. The van der Waals surface area contributed by atoms with Crippen LogP contribution in [0.15, 0.2) is 82.7 Å². The Bertz CT molecular complexity index is 1620. The average molecular weight is 597 g/mol. The molecule has 0 saturated heterocycles. The topological polar surface area (TPSA) is 83.6 Å². The molecule has 0 saturated carbocycles. The molecule has 4 aromatic rings. The minimum absolute atomic E-state index is 0.177. The van der Waals surface area contributed by atoms with Crippen molar-refractivity contribution in [3.8, 4) is 22.4 Å². The third kappa shape index (κ3) is 7.46. The Balaban J connectivity index is 1.15. The van der Waals surface area contributed by atoms with Crippen LogP contribution in [0.3, 0.4) is 0 Å². The smallest absolute Gasteiger partial charge is 0.256 e. The lowest BCUT2D eigenvalue weighted by Gasteiger charge is -2.18. The number of hydrogen-bond donors (Lipinski definition) is 2. The molecule has 3 aromatic carbocycles. The highest BCUT2D eigenvalue weighted by atomic mass is 32.2. The van der Waals surface area contributed by atoms with Crippen molar-refractivity contribution in [2.24, 2.45) is 0 Å². The highest BCUT2D eigenvalue weighted by Crippen LogP contribution is 2.39. The maximum absolute atomic E-state index is 12.9. The average Bonchev–Trinajstić information content (AvgIpc) is 3.44. The van der Waals surface area contributed by atoms with Gasteiger partial charge in [-0.25, -0.2) is 4.98 Å². The number of thiazole rings is 1. The number of methoxy groups -OCH3 is 1. The number of carbonyl (C=O) groups is 2. The van der Waals surface area contributed by atoms with Gasteiger partial charge in [-0.15, -0.1) is 11.3 Å². The maximum atomic E-state index is 12.9. The summed E-state index contributed by atoms with van der Waals surface area (Å²) in [7, 11) is 1.72. The Morgan fingerprint density at radius 3 is 2.71 bits per heavy atom. The van der Waals surface area contributed by atoms with Crippen LogP contribution in [-0.4, -0.2) is 55.0 Å². The molecule has 1 aromatic heterocycles. The molecule has 42 heavy (non-hydrogen) atoms. The number of hydrogen-bond acceptors (Lipinski definition) is 7. The third-order valence-electron chi connectivity index (χ3n) is 6.79. The number of nitrogens with one attached hydrogen (secondary N) is 2. The van der Waals surface area contributed by atoms with Crippen molar-refractivity contribution in [1.29, 1.82) is 0 Å². The summed E-state index contributed by atoms with van der Waals surface area (Å²) in [5.74, 6) is 6.12. The first-order valence-corrected chi connectivity index (χ1v) is 15.4. The molecule has 1 aliphatic heterocycles. The second kappa shape index (κ2) is 14.3. The fourth-order valence-corrected chi connectivity index (χ4v) is 6.29. The second-order valence-electron chi connectivity index (χ2n) is 9.63. The molecule has 2 N–H and O–H groups in total. The zero-order chi connectivity index (χ0) is 29.3. The van der Waals surface area contributed by atoms with Gasteiger partial charge in [0.2, 0.25) is 0 Å². The fourth-order valence-electron chi connectivity index (χ4n) is 4.42. The first kappa shape index (κ1) is 29.5. The van der Waals surface area contributed by atoms with Crippen molar-refractivity contribution in [1.82, 2.24) is 15.2 Å². The molecule has 2 amide bonds. The van der Waals surface area contributed by atoms with Crippen LogP contribution in [-0.2, 0) is 11.3 Å². The highest BCUT2D eigenvalue weighted by molar-refractivity contribution is 7.99. The predicted molar refractivity (Wildman–Crippen MR) is 169 cm³/mol. The van der Waals surface area contributed by atoms with E-state index in [1.54, 1.807) is 42.8 Å². The molecule has 0 aliphatic carbocycles. The van der Waals surface area contributed by atoms with E-state index >= 15 is 0 Å². The van der Waals surface area contributed by atoms with Crippen molar-refractivity contribution in [3.63, 3.8) is 0 Å². The molecule has 1 aliphatic rings. The number of nitrogens with zero attached hydrogens (tertiary/aromatic N) is 2. The van der Waals surface area contributed by atoms with Crippen molar-refractivity contribution < 1.29 is 14.3 Å². The molecule has 0 bridgehead atoms. The van der Waals surface area contributed by atoms with E-state index in [1.807, 2.05) is 48.5 Å². The molecule has 7 nitrogen and oxygen atoms in total. The number of aromatic nitrogens is 1. The molecule has 9 heteroatoms. The van der Waals surface area contributed by atoms with Crippen LogP contribution < -0.4 is 10.6 Å². The quantitative estimate of drug-likeness (QED) is 0.213. The SMILES string of the molecule is CCN(CCC#Cc1ccc(-c2ncc(CNC(=O)c3ccc4c(c3)NC(=O)c3ccccc3S4)s2)cc1)CCOC. The number of carbonyl (C=O) groups excluding carboxylic acids is 2. The van der Waals surface area contributed by atoms with Crippen LogP contribution >= 0.6 is 23.1 Å². The van der Waals surface area contributed by atoms with E-state index in [1.165, 1.54) is 11.8 Å². The van der Waals surface area contributed by atoms with Crippen LogP contribution in [0.5, 0.6) is 0 Å². The lowest BCUT2D eigenvalue weighted by atomic mass is 10.1. The number of benzene rings is 3. The number of rotatable bonds is 10. The van der Waals surface area contributed by atoms with Crippen LogP contribution in [0.1, 0.15) is 44.5 Å². The number of fused-ring (bicyclic) bond motifs is 2. The van der Waals surface area contributed by atoms with E-state index in [0.717, 1.165) is 63.5 Å². The van der Waals surface area contributed by atoms with Gasteiger partial charge in [-0.05, 0) is 49.0 Å². The maximum Gasteiger partial charge on any atom is 0.256 e. The number of amides is 2. The Morgan fingerprint density at radius 2 is 1.90 bits per heavy atom. The summed E-state index contributed by atoms with van der Waals surface area (Å²) in [5.41, 5.74) is 3.73. The van der Waals surface area contributed by atoms with Crippen molar-refractivity contribution in [2.45, 2.75) is 29.7 Å². The van der Waals surface area contributed by atoms with Gasteiger partial charge >= 0.3 is 0 Å². The van der Waals surface area contributed by atoms with Gasteiger partial charge in [0.1, 0.15) is 5.01 Å². The summed E-state index contributed by atoms with van der Waals surface area (Å²) in [4.78, 5) is 35.2. The van der Waals surface area contributed by atoms with Gasteiger partial charge in [0, 0.05) is 64.2 Å². The van der Waals surface area contributed by atoms with Gasteiger partial charge in [-0.2, -0.15) is 0 Å². The highest BCUT2D eigenvalue weighted by Gasteiger charge is 2.20. The Morgan fingerprint density at radius 1 is 1.07 bits per heavy atom. The predicted octanol–water partition coefficient (Wildman–Crippen LogP) is 6.17. The standard InChI is InChI=1S/C33H32N4O3S2/c1-3-37(18-19-40-2)17-7-6-8-23-11-13-24(14-12-23)33-35-22-26(41-33)21-34-31(38)25-15-16-30-28(20-25)36-32(39)27-9-4-5-10-29(27)42-30/h4-5,9-16,20,22H,3,7,17-19,21H2,1-2H3,(H,34,38)(H,36,39). The first-order chi connectivity index (χ1) is 20.5. The summed E-state index contributed by atoms with van der Waals surface area (Å²) in [6, 6.07) is 21.0. The number of likely N-dealkylation sites (N-methyl/N-ethyl adjacent to an activating group) is 1. The van der Waals surface area contributed by atoms with Gasteiger partial charge in [-0.3, -0.25) is 9.59 Å². The van der Waals surface area contributed by atoms with Gasteiger partial charge in [0.15, 0.2) is 0 Å². The van der Waals surface area contributed by atoms with E-state index in [-0.39, 0.29) is 11.8 Å². The summed E-state index contributed by atoms with van der Waals surface area (Å²) < 4.78 is 5.16. The lowest BCUT2D eigenvalue weighted by Crippen LogP contribution is -2.28.